The second-order valence-corrected chi connectivity index (χ2v) is 8.98. The van der Waals surface area contributed by atoms with E-state index in [2.05, 4.69) is 4.99 Å². The fraction of sp³-hybridized carbons (Fsp3) is 0.115. The van der Waals surface area contributed by atoms with Gasteiger partial charge in [-0.25, -0.2) is 9.79 Å². The second-order valence-electron chi connectivity index (χ2n) is 7.54. The summed E-state index contributed by atoms with van der Waals surface area (Å²) in [6.45, 7) is 1.60. The van der Waals surface area contributed by atoms with Gasteiger partial charge in [0.1, 0.15) is 27.9 Å². The number of aliphatic hydroxyl groups is 1. The average Bonchev–Trinajstić information content (AvgIpc) is 3.43. The number of nitrogens with zero attached hydrogens (tertiary/aromatic N) is 1. The molecule has 0 unspecified atom stereocenters. The zero-order valence-electron chi connectivity index (χ0n) is 19.0. The highest BCUT2D eigenvalue weighted by atomic mass is 35.5. The Kier molecular flexibility index (Phi) is 7.60. The molecule has 37 heavy (non-hydrogen) atoms. The molecule has 4 rings (SSSR count). The Bertz CT molecular complexity index is 1470. The molecule has 1 aliphatic heterocycles. The average molecular weight is 548 g/mol. The van der Waals surface area contributed by atoms with E-state index >= 15 is 0 Å². The molecule has 0 atom stereocenters. The number of halogens is 4. The molecule has 1 amide bonds. The van der Waals surface area contributed by atoms with E-state index in [1.807, 2.05) is 0 Å². The first kappa shape index (κ1) is 26.3. The maximum Gasteiger partial charge on any atom is 0.416 e. The smallest absolute Gasteiger partial charge is 0.416 e. The van der Waals surface area contributed by atoms with E-state index in [-0.39, 0.29) is 49.8 Å². The Morgan fingerprint density at radius 3 is 2.59 bits per heavy atom. The molecule has 0 saturated carbocycles. The number of aliphatic imine (C=N–C) groups is 1. The molecule has 1 N–H and O–H groups in total. The molecular formula is C26H17ClF3NO5S. The highest BCUT2D eigenvalue weighted by Crippen LogP contribution is 2.40. The van der Waals surface area contributed by atoms with Crippen molar-refractivity contribution in [2.75, 3.05) is 6.61 Å². The van der Waals surface area contributed by atoms with E-state index in [0.29, 0.717) is 0 Å². The number of benzene rings is 2. The minimum absolute atomic E-state index is 0.0175. The first-order valence-corrected chi connectivity index (χ1v) is 11.9. The van der Waals surface area contributed by atoms with Crippen LogP contribution in [0, 0.1) is 0 Å². The summed E-state index contributed by atoms with van der Waals surface area (Å²) < 4.78 is 49.8. The number of aliphatic hydroxyl groups excluding tert-OH is 1. The number of hydrogen-bond acceptors (Lipinski definition) is 6. The Balaban J connectivity index is 1.68. The van der Waals surface area contributed by atoms with Gasteiger partial charge in [0.05, 0.1) is 27.7 Å². The Morgan fingerprint density at radius 1 is 1.14 bits per heavy atom. The second kappa shape index (κ2) is 10.7. The van der Waals surface area contributed by atoms with Gasteiger partial charge < -0.3 is 14.3 Å². The number of carbonyl (C=O) groups excluding carboxylic acids is 2. The quantitative estimate of drug-likeness (QED) is 0.337. The van der Waals surface area contributed by atoms with Gasteiger partial charge in [-0.15, -0.1) is 0 Å². The number of thioether (sulfide) groups is 1. The van der Waals surface area contributed by atoms with Crippen molar-refractivity contribution < 1.29 is 37.0 Å². The molecule has 190 valence electrons. The zero-order chi connectivity index (χ0) is 26.7. The van der Waals surface area contributed by atoms with Crippen LogP contribution in [0.4, 0.5) is 13.2 Å². The van der Waals surface area contributed by atoms with E-state index in [9.17, 15) is 27.9 Å². The van der Waals surface area contributed by atoms with Crippen LogP contribution in [0.15, 0.2) is 86.3 Å². The third kappa shape index (κ3) is 5.81. The van der Waals surface area contributed by atoms with Gasteiger partial charge in [-0.05, 0) is 49.4 Å². The third-order valence-corrected chi connectivity index (χ3v) is 6.40. The normalized spacial score (nSPS) is 16.0. The SMILES string of the molecule is CCOC(=O)C1=C(O)/C(=C/c2ccc(-c3cccc(C(F)(F)F)c3)o2)SC1=NC(=O)c1ccccc1Cl. The topological polar surface area (TPSA) is 89.1 Å². The minimum Gasteiger partial charge on any atom is -0.506 e. The van der Waals surface area contributed by atoms with Crippen molar-refractivity contribution in [1.29, 1.82) is 0 Å². The molecule has 1 aliphatic rings. The molecule has 6 nitrogen and oxygen atoms in total. The summed E-state index contributed by atoms with van der Waals surface area (Å²) in [6.07, 6.45) is -3.13. The minimum atomic E-state index is -4.51. The molecule has 2 aromatic carbocycles. The third-order valence-electron chi connectivity index (χ3n) is 5.05. The molecule has 1 aromatic heterocycles. The molecule has 0 saturated heterocycles. The van der Waals surface area contributed by atoms with Gasteiger partial charge in [0.15, 0.2) is 0 Å². The molecule has 0 radical (unpaired) electrons. The summed E-state index contributed by atoms with van der Waals surface area (Å²) in [5, 5.41) is 10.8. The number of carbonyl (C=O) groups is 2. The van der Waals surface area contributed by atoms with Crippen molar-refractivity contribution in [2.45, 2.75) is 13.1 Å². The number of alkyl halides is 3. The van der Waals surface area contributed by atoms with Crippen molar-refractivity contribution in [3.05, 3.63) is 98.8 Å². The molecule has 11 heteroatoms. The molecule has 0 aliphatic carbocycles. The summed E-state index contributed by atoms with van der Waals surface area (Å²) in [5.41, 5.74) is -0.813. The van der Waals surface area contributed by atoms with Gasteiger partial charge in [-0.3, -0.25) is 4.79 Å². The van der Waals surface area contributed by atoms with Crippen LogP contribution in [0.1, 0.15) is 28.6 Å². The number of furan rings is 1. The van der Waals surface area contributed by atoms with E-state index < -0.39 is 29.4 Å². The number of ether oxygens (including phenoxy) is 1. The lowest BCUT2D eigenvalue weighted by Crippen LogP contribution is -2.14. The first-order valence-electron chi connectivity index (χ1n) is 10.7. The van der Waals surface area contributed by atoms with Crippen molar-refractivity contribution in [1.82, 2.24) is 0 Å². The molecule has 0 fully saturated rings. The van der Waals surface area contributed by atoms with Crippen LogP contribution in [-0.4, -0.2) is 28.6 Å². The van der Waals surface area contributed by atoms with Gasteiger partial charge in [0, 0.05) is 5.56 Å². The van der Waals surface area contributed by atoms with Crippen LogP contribution in [0.3, 0.4) is 0 Å². The summed E-state index contributed by atoms with van der Waals surface area (Å²) in [6, 6.07) is 13.8. The largest absolute Gasteiger partial charge is 0.506 e. The van der Waals surface area contributed by atoms with Crippen LogP contribution in [0.2, 0.25) is 5.02 Å². The Hall–Kier alpha value is -3.76. The van der Waals surface area contributed by atoms with E-state index in [1.165, 1.54) is 42.5 Å². The molecule has 2 heterocycles. The van der Waals surface area contributed by atoms with E-state index in [0.717, 1.165) is 23.9 Å². The number of amides is 1. The summed E-state index contributed by atoms with van der Waals surface area (Å²) in [7, 11) is 0. The van der Waals surface area contributed by atoms with Gasteiger partial charge in [0.2, 0.25) is 0 Å². The summed E-state index contributed by atoms with van der Waals surface area (Å²) in [4.78, 5) is 29.4. The maximum atomic E-state index is 13.1. The molecular weight excluding hydrogens is 531 g/mol. The monoisotopic (exact) mass is 547 g/mol. The summed E-state index contributed by atoms with van der Waals surface area (Å²) >= 11 is 6.90. The fourth-order valence-electron chi connectivity index (χ4n) is 3.34. The standard InChI is InChI=1S/C26H17ClF3NO5S/c1-2-35-25(34)21-22(32)20(37-24(21)31-23(33)17-8-3-4-9-18(17)27)13-16-10-11-19(36-16)14-6-5-7-15(12-14)26(28,29)30/h3-13,32H,2H2,1H3/b20-13-,31-24?. The predicted molar refractivity (Wildman–Crippen MR) is 134 cm³/mol. The predicted octanol–water partition coefficient (Wildman–Crippen LogP) is 7.32. The van der Waals surface area contributed by atoms with Crippen molar-refractivity contribution in [3.63, 3.8) is 0 Å². The van der Waals surface area contributed by atoms with Crippen molar-refractivity contribution >= 4 is 46.4 Å². The van der Waals surface area contributed by atoms with Crippen molar-refractivity contribution in [3.8, 4) is 11.3 Å². The van der Waals surface area contributed by atoms with Gasteiger partial charge in [-0.2, -0.15) is 13.2 Å². The lowest BCUT2D eigenvalue weighted by Gasteiger charge is -2.07. The van der Waals surface area contributed by atoms with Gasteiger partial charge in [-0.1, -0.05) is 47.6 Å². The fourth-order valence-corrected chi connectivity index (χ4v) is 4.55. The van der Waals surface area contributed by atoms with Crippen LogP contribution < -0.4 is 0 Å². The van der Waals surface area contributed by atoms with Crippen molar-refractivity contribution in [2.24, 2.45) is 4.99 Å². The van der Waals surface area contributed by atoms with Gasteiger partial charge >= 0.3 is 12.1 Å². The first-order chi connectivity index (χ1) is 17.6. The number of hydrogen-bond donors (Lipinski definition) is 1. The molecule has 0 spiro atoms. The van der Waals surface area contributed by atoms with Crippen LogP contribution in [0.5, 0.6) is 0 Å². The lowest BCUT2D eigenvalue weighted by atomic mass is 10.1. The zero-order valence-corrected chi connectivity index (χ0v) is 20.6. The van der Waals surface area contributed by atoms with Crippen LogP contribution in [0.25, 0.3) is 17.4 Å². The van der Waals surface area contributed by atoms with E-state index in [4.69, 9.17) is 20.8 Å². The maximum absolute atomic E-state index is 13.1. The summed E-state index contributed by atoms with van der Waals surface area (Å²) in [5.74, 6) is -1.74. The molecule has 3 aromatic rings. The molecule has 0 bridgehead atoms. The Labute approximate surface area is 218 Å². The Morgan fingerprint density at radius 2 is 1.89 bits per heavy atom. The van der Waals surface area contributed by atoms with Crippen LogP contribution in [-0.2, 0) is 15.7 Å². The van der Waals surface area contributed by atoms with E-state index in [1.54, 1.807) is 19.1 Å². The highest BCUT2D eigenvalue weighted by Gasteiger charge is 2.34. The number of esters is 1. The number of rotatable bonds is 5. The highest BCUT2D eigenvalue weighted by molar-refractivity contribution is 8.18. The lowest BCUT2D eigenvalue weighted by molar-refractivity contribution is -0.138. The van der Waals surface area contributed by atoms with Gasteiger partial charge in [0.25, 0.3) is 5.91 Å². The van der Waals surface area contributed by atoms with Crippen LogP contribution >= 0.6 is 23.4 Å².